The minimum atomic E-state index is 0. The van der Waals surface area contributed by atoms with E-state index in [1.165, 1.54) is 6.39 Å². The minimum Gasteiger partial charge on any atom is -0.870 e. The van der Waals surface area contributed by atoms with Crippen LogP contribution in [0.1, 0.15) is 0 Å². The first kappa shape index (κ1) is 12.3. The second-order valence-corrected chi connectivity index (χ2v) is 2.37. The van der Waals surface area contributed by atoms with Crippen LogP contribution in [0.3, 0.4) is 0 Å². The van der Waals surface area contributed by atoms with Crippen molar-refractivity contribution in [2.24, 2.45) is 0 Å². The van der Waals surface area contributed by atoms with Crippen LogP contribution >= 0.6 is 0 Å². The number of nitrogens with zero attached hydrogens (tertiary/aromatic N) is 2. The van der Waals surface area contributed by atoms with Gasteiger partial charge >= 0.3 is 70.0 Å². The quantitative estimate of drug-likeness (QED) is 0.597. The zero-order chi connectivity index (χ0) is 8.39. The molecule has 0 bridgehead atoms. The summed E-state index contributed by atoms with van der Waals surface area (Å²) in [6.07, 6.45) is 1.30. The summed E-state index contributed by atoms with van der Waals surface area (Å²) in [6.45, 7) is 0. The first-order valence-electron chi connectivity index (χ1n) is 3.48. The van der Waals surface area contributed by atoms with E-state index in [0.29, 0.717) is 5.89 Å². The molecule has 2 rings (SSSR count). The number of benzene rings is 1. The monoisotopic (exact) mass is 190 g/mol. The zero-order valence-corrected chi connectivity index (χ0v) is 7.16. The third kappa shape index (κ3) is 2.41. The molecule has 0 amide bonds. The summed E-state index contributed by atoms with van der Waals surface area (Å²) in [5.41, 5.74) is 1.60. The fraction of sp³-hybridized carbons (Fsp3) is 0. The molecule has 70 valence electrons. The van der Waals surface area contributed by atoms with Crippen LogP contribution in [0, 0.1) is 0 Å². The van der Waals surface area contributed by atoms with Crippen LogP contribution in [-0.4, -0.2) is 29.0 Å². The molecule has 0 aliphatic carbocycles. The van der Waals surface area contributed by atoms with Crippen LogP contribution in [0.15, 0.2) is 35.1 Å². The van der Waals surface area contributed by atoms with Crippen LogP contribution < -0.4 is 5.46 Å². The van der Waals surface area contributed by atoms with Crippen molar-refractivity contribution in [1.29, 1.82) is 0 Å². The van der Waals surface area contributed by atoms with Gasteiger partial charge in [-0.05, 0) is 0 Å². The molecule has 0 saturated heterocycles. The molecule has 2 aromatic rings. The van der Waals surface area contributed by atoms with Gasteiger partial charge in [0.15, 0.2) is 0 Å². The Balaban J connectivity index is 0.000000845. The van der Waals surface area contributed by atoms with Crippen molar-refractivity contribution in [3.8, 4) is 11.5 Å². The second kappa shape index (κ2) is 5.16. The number of aromatic nitrogens is 2. The van der Waals surface area contributed by atoms with Crippen LogP contribution in [0.5, 0.6) is 0 Å². The first-order valence-corrected chi connectivity index (χ1v) is 3.48. The van der Waals surface area contributed by atoms with Crippen molar-refractivity contribution >= 4 is 13.3 Å². The molecule has 6 heteroatoms. The van der Waals surface area contributed by atoms with Crippen LogP contribution in [0.2, 0.25) is 0 Å². The Kier molecular flexibility index (Phi) is 4.55. The van der Waals surface area contributed by atoms with E-state index >= 15 is 0 Å². The molecule has 14 heavy (non-hydrogen) atoms. The smallest absolute Gasteiger partial charge is 0.870 e. The molecule has 0 aliphatic heterocycles. The van der Waals surface area contributed by atoms with E-state index < -0.39 is 0 Å². The van der Waals surface area contributed by atoms with Gasteiger partial charge in [-0.2, -0.15) is 0 Å². The Labute approximate surface area is 81.8 Å². The fourth-order valence-electron chi connectivity index (χ4n) is 0.925. The fourth-order valence-corrected chi connectivity index (χ4v) is 0.925. The maximum Gasteiger partial charge on any atom is -0.870 e. The molecule has 0 fully saturated rings. The minimum absolute atomic E-state index is 0. The van der Waals surface area contributed by atoms with Gasteiger partial charge in [0.05, 0.1) is 0 Å². The molecule has 1 aromatic heterocycles. The maximum atomic E-state index is 5.51. The van der Waals surface area contributed by atoms with E-state index in [4.69, 9.17) is 12.3 Å². The van der Waals surface area contributed by atoms with E-state index in [1.54, 1.807) is 12.1 Å². The van der Waals surface area contributed by atoms with Gasteiger partial charge in [0.25, 0.3) is 0 Å². The number of rotatable bonds is 1. The largest absolute Gasteiger partial charge is 0.870 e. The van der Waals surface area contributed by atoms with Gasteiger partial charge in [0.1, 0.15) is 0 Å². The average Bonchev–Trinajstić information content (AvgIpc) is 2.58. The molecule has 2 N–H and O–H groups in total. The van der Waals surface area contributed by atoms with Gasteiger partial charge in [-0.25, -0.2) is 0 Å². The van der Waals surface area contributed by atoms with Gasteiger partial charge in [0.2, 0.25) is 0 Å². The first-order chi connectivity index (χ1) is 5.86. The molecule has 5 nitrogen and oxygen atoms in total. The normalized spacial score (nSPS) is 8.71. The molecule has 0 unspecified atom stereocenters. The summed E-state index contributed by atoms with van der Waals surface area (Å²) in [7, 11) is 5.51. The van der Waals surface area contributed by atoms with E-state index in [2.05, 4.69) is 10.2 Å². The summed E-state index contributed by atoms with van der Waals surface area (Å²) in [5, 5.41) is 7.33. The molecule has 1 aromatic carbocycles. The average molecular weight is 190 g/mol. The van der Waals surface area contributed by atoms with Gasteiger partial charge in [0, 0.05) is 0 Å². The Morgan fingerprint density at radius 1 is 1.07 bits per heavy atom. The van der Waals surface area contributed by atoms with E-state index in [1.807, 2.05) is 12.1 Å². The Morgan fingerprint density at radius 3 is 2.21 bits per heavy atom. The van der Waals surface area contributed by atoms with Crippen molar-refractivity contribution in [3.63, 3.8) is 0 Å². The van der Waals surface area contributed by atoms with Crippen LogP contribution in [-0.2, 0) is 0 Å². The van der Waals surface area contributed by atoms with Gasteiger partial charge in [-0.15, -0.1) is 0 Å². The van der Waals surface area contributed by atoms with E-state index in [0.717, 1.165) is 11.0 Å². The molecule has 0 aliphatic rings. The topological polar surface area (TPSA) is 98.9 Å². The molecule has 0 radical (unpaired) electrons. The van der Waals surface area contributed by atoms with Crippen LogP contribution in [0.4, 0.5) is 0 Å². The van der Waals surface area contributed by atoms with Crippen molar-refractivity contribution < 1.29 is 15.4 Å². The maximum absolute atomic E-state index is 5.51. The van der Waals surface area contributed by atoms with E-state index in [9.17, 15) is 0 Å². The Morgan fingerprint density at radius 2 is 1.71 bits per heavy atom. The molecule has 0 saturated carbocycles. The van der Waals surface area contributed by atoms with E-state index in [-0.39, 0.29) is 11.0 Å². The number of hydrogen-bond donors (Lipinski definition) is 0. The zero-order valence-electron chi connectivity index (χ0n) is 7.16. The standard InChI is InChI=1S/C8H5BN2O.2H2O/c9-7-3-1-6(2-4-7)8-11-10-5-12-8;;/h1-5H;2*1H2/q+2;;/p-2. The third-order valence-electron chi connectivity index (χ3n) is 1.52. The van der Waals surface area contributed by atoms with Crippen molar-refractivity contribution in [3.05, 3.63) is 30.7 Å². The molecular weight excluding hydrogens is 183 g/mol. The van der Waals surface area contributed by atoms with Gasteiger partial charge in [-0.1, -0.05) is 0 Å². The van der Waals surface area contributed by atoms with Gasteiger partial charge < -0.3 is 11.0 Å². The summed E-state index contributed by atoms with van der Waals surface area (Å²) in [4.78, 5) is 0. The third-order valence-corrected chi connectivity index (χ3v) is 1.52. The SMILES string of the molecule is [B+2]c1ccc(-c2nnco2)cc1.[OH-].[OH-]. The summed E-state index contributed by atoms with van der Waals surface area (Å²) >= 11 is 0. The van der Waals surface area contributed by atoms with Gasteiger partial charge in [-0.3, -0.25) is 0 Å². The second-order valence-electron chi connectivity index (χ2n) is 2.37. The van der Waals surface area contributed by atoms with Crippen molar-refractivity contribution in [2.75, 3.05) is 0 Å². The predicted octanol–water partition coefficient (Wildman–Crippen LogP) is 0.177. The van der Waals surface area contributed by atoms with Crippen molar-refractivity contribution in [1.82, 2.24) is 10.2 Å². The Bertz CT molecular complexity index is 361. The molecule has 0 spiro atoms. The number of hydrogen-bond acceptors (Lipinski definition) is 5. The predicted molar refractivity (Wildman–Crippen MR) is 49.0 cm³/mol. The molecular formula is C8H7BN2O3. The summed E-state index contributed by atoms with van der Waals surface area (Å²) in [6, 6.07) is 7.25. The Hall–Kier alpha value is -1.66. The molecule has 0 atom stereocenters. The van der Waals surface area contributed by atoms with Crippen molar-refractivity contribution in [2.45, 2.75) is 0 Å². The summed E-state index contributed by atoms with van der Waals surface area (Å²) < 4.78 is 5.00. The van der Waals surface area contributed by atoms with Crippen LogP contribution in [0.25, 0.3) is 11.5 Å². The summed E-state index contributed by atoms with van der Waals surface area (Å²) in [5.74, 6) is 0.509. The molecule has 1 heterocycles.